The topological polar surface area (TPSA) is 201 Å². The van der Waals surface area contributed by atoms with Gasteiger partial charge >= 0.3 is 17.9 Å². The number of nitro benzene ring substituents is 2. The van der Waals surface area contributed by atoms with E-state index in [1.807, 2.05) is 0 Å². The molecule has 230 valence electrons. The van der Waals surface area contributed by atoms with Gasteiger partial charge < -0.3 is 23.5 Å². The van der Waals surface area contributed by atoms with Crippen molar-refractivity contribution in [3.63, 3.8) is 0 Å². The lowest BCUT2D eigenvalue weighted by Crippen LogP contribution is -2.28. The molecule has 16 heteroatoms. The number of fused-ring (bicyclic) bond motifs is 1. The van der Waals surface area contributed by atoms with Crippen molar-refractivity contribution in [3.8, 4) is 11.9 Å². The highest BCUT2D eigenvalue weighted by Gasteiger charge is 2.21. The summed E-state index contributed by atoms with van der Waals surface area (Å²) in [6, 6.07) is 12.1. The standard InChI is InChI=1S/C28H28N6O10/c1-18(35)43-16-24(44-19(2)36)15-32-17-29-25-26(32)30-28(42-14-12-21-5-9-23(10-6-21)34(39)40)31-27(25)41-13-11-20-3-7-22(8-4-20)33(37)38/h3-10,17,24H,11-16H2,1-2H3/t24-/m0/s1. The van der Waals surface area contributed by atoms with E-state index in [0.717, 1.165) is 11.1 Å². The lowest BCUT2D eigenvalue weighted by atomic mass is 10.1. The first-order valence-electron chi connectivity index (χ1n) is 13.3. The Balaban J connectivity index is 1.54. The number of non-ortho nitro benzene ring substituents is 2. The van der Waals surface area contributed by atoms with Crippen LogP contribution in [-0.2, 0) is 38.4 Å². The van der Waals surface area contributed by atoms with E-state index in [-0.39, 0.29) is 49.6 Å². The lowest BCUT2D eigenvalue weighted by molar-refractivity contribution is -0.385. The number of ether oxygens (including phenoxy) is 4. The number of rotatable bonds is 15. The van der Waals surface area contributed by atoms with Crippen molar-refractivity contribution in [1.29, 1.82) is 0 Å². The fourth-order valence-corrected chi connectivity index (χ4v) is 4.08. The number of carbonyl (C=O) groups is 2. The Morgan fingerprint density at radius 1 is 0.841 bits per heavy atom. The quantitative estimate of drug-likeness (QED) is 0.108. The Bertz CT molecular complexity index is 1640. The van der Waals surface area contributed by atoms with Crippen molar-refractivity contribution < 1.29 is 38.4 Å². The van der Waals surface area contributed by atoms with Gasteiger partial charge in [-0.25, -0.2) is 4.98 Å². The highest BCUT2D eigenvalue weighted by atomic mass is 16.6. The molecule has 0 N–H and O–H groups in total. The van der Waals surface area contributed by atoms with Crippen LogP contribution in [0.25, 0.3) is 11.2 Å². The van der Waals surface area contributed by atoms with Crippen molar-refractivity contribution >= 4 is 34.5 Å². The van der Waals surface area contributed by atoms with Gasteiger partial charge in [0.05, 0.1) is 35.9 Å². The van der Waals surface area contributed by atoms with E-state index in [1.54, 1.807) is 28.8 Å². The van der Waals surface area contributed by atoms with E-state index in [0.29, 0.717) is 24.0 Å². The molecule has 0 bridgehead atoms. The van der Waals surface area contributed by atoms with Crippen LogP contribution in [0.2, 0.25) is 0 Å². The first-order chi connectivity index (χ1) is 21.1. The van der Waals surface area contributed by atoms with Crippen LogP contribution in [0.3, 0.4) is 0 Å². The zero-order valence-corrected chi connectivity index (χ0v) is 23.8. The fourth-order valence-electron chi connectivity index (χ4n) is 4.08. The number of esters is 2. The minimum atomic E-state index is -0.832. The van der Waals surface area contributed by atoms with Gasteiger partial charge in [-0.15, -0.1) is 0 Å². The number of hydrogen-bond donors (Lipinski definition) is 0. The summed E-state index contributed by atoms with van der Waals surface area (Å²) in [4.78, 5) is 57.1. The molecule has 0 radical (unpaired) electrons. The molecule has 2 aromatic heterocycles. The summed E-state index contributed by atoms with van der Waals surface area (Å²) in [6.45, 7) is 2.64. The van der Waals surface area contributed by atoms with E-state index in [2.05, 4.69) is 15.0 Å². The summed E-state index contributed by atoms with van der Waals surface area (Å²) < 4.78 is 23.7. The number of aromatic nitrogens is 4. The molecular weight excluding hydrogens is 580 g/mol. The Kier molecular flexibility index (Phi) is 10.3. The van der Waals surface area contributed by atoms with Gasteiger partial charge in [0.1, 0.15) is 6.61 Å². The molecule has 0 saturated heterocycles. The molecule has 0 aliphatic rings. The summed E-state index contributed by atoms with van der Waals surface area (Å²) in [7, 11) is 0. The van der Waals surface area contributed by atoms with Crippen LogP contribution in [0.15, 0.2) is 54.9 Å². The summed E-state index contributed by atoms with van der Waals surface area (Å²) in [5, 5.41) is 21.8. The molecule has 4 aromatic rings. The van der Waals surface area contributed by atoms with Gasteiger partial charge in [-0.3, -0.25) is 29.8 Å². The summed E-state index contributed by atoms with van der Waals surface area (Å²) in [5.74, 6) is -0.982. The van der Waals surface area contributed by atoms with Gasteiger partial charge in [0, 0.05) is 51.0 Å². The Hall–Kier alpha value is -5.67. The van der Waals surface area contributed by atoms with Crippen molar-refractivity contribution in [1.82, 2.24) is 19.5 Å². The van der Waals surface area contributed by atoms with Gasteiger partial charge in [0.15, 0.2) is 17.3 Å². The van der Waals surface area contributed by atoms with Gasteiger partial charge in [-0.05, 0) is 11.1 Å². The Labute approximate surface area is 249 Å². The molecule has 44 heavy (non-hydrogen) atoms. The van der Waals surface area contributed by atoms with E-state index in [9.17, 15) is 29.8 Å². The highest BCUT2D eigenvalue weighted by molar-refractivity contribution is 5.76. The van der Waals surface area contributed by atoms with Gasteiger partial charge in [-0.1, -0.05) is 24.3 Å². The largest absolute Gasteiger partial charge is 0.476 e. The smallest absolute Gasteiger partial charge is 0.321 e. The third-order valence-corrected chi connectivity index (χ3v) is 6.16. The van der Waals surface area contributed by atoms with Crippen LogP contribution < -0.4 is 9.47 Å². The third kappa shape index (κ3) is 8.67. The monoisotopic (exact) mass is 608 g/mol. The van der Waals surface area contributed by atoms with Crippen LogP contribution in [0.5, 0.6) is 11.9 Å². The number of imidazole rings is 1. The number of nitrogens with zero attached hydrogens (tertiary/aromatic N) is 6. The maximum atomic E-state index is 11.7. The minimum Gasteiger partial charge on any atom is -0.476 e. The maximum Gasteiger partial charge on any atom is 0.321 e. The SMILES string of the molecule is CC(=O)OC[C@H](Cn1cnc2c(OCCc3ccc([N+](=O)[O-])cc3)nc(OCCc3ccc([N+](=O)[O-])cc3)nc21)OC(C)=O. The average molecular weight is 609 g/mol. The second-order valence-corrected chi connectivity index (χ2v) is 9.46. The predicted octanol–water partition coefficient (Wildman–Crippen LogP) is 3.38. The number of carbonyl (C=O) groups excluding carboxylic acids is 2. The normalized spacial score (nSPS) is 11.5. The van der Waals surface area contributed by atoms with E-state index < -0.39 is 27.9 Å². The lowest BCUT2D eigenvalue weighted by Gasteiger charge is -2.17. The minimum absolute atomic E-state index is 0.0195. The number of benzene rings is 2. The third-order valence-electron chi connectivity index (χ3n) is 6.16. The van der Waals surface area contributed by atoms with Crippen LogP contribution in [0.1, 0.15) is 25.0 Å². The molecule has 0 fully saturated rings. The van der Waals surface area contributed by atoms with Crippen molar-refractivity contribution in [3.05, 3.63) is 86.2 Å². The molecule has 16 nitrogen and oxygen atoms in total. The van der Waals surface area contributed by atoms with Gasteiger partial charge in [0.25, 0.3) is 11.4 Å². The van der Waals surface area contributed by atoms with Crippen LogP contribution >= 0.6 is 0 Å². The Morgan fingerprint density at radius 3 is 1.93 bits per heavy atom. The summed E-state index contributed by atoms with van der Waals surface area (Å²) >= 11 is 0. The number of nitro groups is 2. The molecule has 4 rings (SSSR count). The molecule has 1 atom stereocenters. The molecule has 0 amide bonds. The van der Waals surface area contributed by atoms with E-state index in [4.69, 9.17) is 18.9 Å². The van der Waals surface area contributed by atoms with Crippen molar-refractivity contribution in [2.45, 2.75) is 39.3 Å². The Morgan fingerprint density at radius 2 is 1.41 bits per heavy atom. The van der Waals surface area contributed by atoms with Crippen LogP contribution in [0, 0.1) is 20.2 Å². The summed E-state index contributed by atoms with van der Waals surface area (Å²) in [6.07, 6.45) is 1.44. The molecule has 2 heterocycles. The van der Waals surface area contributed by atoms with E-state index >= 15 is 0 Å². The van der Waals surface area contributed by atoms with Crippen LogP contribution in [0.4, 0.5) is 11.4 Å². The van der Waals surface area contributed by atoms with Crippen molar-refractivity contribution in [2.75, 3.05) is 19.8 Å². The maximum absolute atomic E-state index is 11.7. The first kappa shape index (κ1) is 31.3. The van der Waals surface area contributed by atoms with Crippen LogP contribution in [-0.4, -0.2) is 67.2 Å². The van der Waals surface area contributed by atoms with Gasteiger partial charge in [-0.2, -0.15) is 9.97 Å². The highest BCUT2D eigenvalue weighted by Crippen LogP contribution is 2.25. The fraction of sp³-hybridized carbons (Fsp3) is 0.321. The summed E-state index contributed by atoms with van der Waals surface area (Å²) in [5.41, 5.74) is 2.17. The van der Waals surface area contributed by atoms with Crippen molar-refractivity contribution in [2.24, 2.45) is 0 Å². The predicted molar refractivity (Wildman–Crippen MR) is 152 cm³/mol. The molecule has 2 aromatic carbocycles. The average Bonchev–Trinajstić information content (AvgIpc) is 3.38. The second-order valence-electron chi connectivity index (χ2n) is 9.46. The first-order valence-corrected chi connectivity index (χ1v) is 13.3. The molecule has 0 spiro atoms. The molecule has 0 unspecified atom stereocenters. The molecule has 0 aliphatic heterocycles. The zero-order chi connectivity index (χ0) is 31.6. The van der Waals surface area contributed by atoms with Gasteiger partial charge in [0.2, 0.25) is 5.88 Å². The molecule has 0 aliphatic carbocycles. The molecular formula is C28H28N6O10. The number of hydrogen-bond acceptors (Lipinski definition) is 13. The second kappa shape index (κ2) is 14.5. The zero-order valence-electron chi connectivity index (χ0n) is 23.8. The van der Waals surface area contributed by atoms with E-state index in [1.165, 1.54) is 44.4 Å². The molecule has 0 saturated carbocycles.